The van der Waals surface area contributed by atoms with Gasteiger partial charge in [0.2, 0.25) is 12.4 Å². The molecule has 2 atom stereocenters. The van der Waals surface area contributed by atoms with E-state index >= 15 is 0 Å². The van der Waals surface area contributed by atoms with Crippen molar-refractivity contribution >= 4 is 41.4 Å². The molecule has 1 aliphatic carbocycles. The Kier molecular flexibility index (Phi) is 9.89. The van der Waals surface area contributed by atoms with Gasteiger partial charge in [-0.15, -0.1) is 5.10 Å². The number of aliphatic imine (C=N–C) groups is 1. The maximum Gasteiger partial charge on any atom is 0.235 e. The molecule has 4 heterocycles. The van der Waals surface area contributed by atoms with Gasteiger partial charge >= 0.3 is 0 Å². The molecule has 0 spiro atoms. The summed E-state index contributed by atoms with van der Waals surface area (Å²) in [6.45, 7) is 10.6. The van der Waals surface area contributed by atoms with Crippen molar-refractivity contribution in [3.05, 3.63) is 77.4 Å². The smallest absolute Gasteiger partial charge is 0.235 e. The summed E-state index contributed by atoms with van der Waals surface area (Å²) in [5.74, 6) is 0.450. The van der Waals surface area contributed by atoms with Crippen LogP contribution in [-0.4, -0.2) is 55.6 Å². The minimum Gasteiger partial charge on any atom is -0.372 e. The predicted molar refractivity (Wildman–Crippen MR) is 153 cm³/mol. The van der Waals surface area contributed by atoms with Crippen molar-refractivity contribution in [1.82, 2.24) is 29.4 Å². The van der Waals surface area contributed by atoms with Crippen LogP contribution in [0.3, 0.4) is 0 Å². The number of pyridine rings is 1. The summed E-state index contributed by atoms with van der Waals surface area (Å²) in [5, 5.41) is 14.0. The lowest BCUT2D eigenvalue weighted by molar-refractivity contribution is -0.105. The molecule has 10 nitrogen and oxygen atoms in total. The van der Waals surface area contributed by atoms with Gasteiger partial charge in [-0.3, -0.25) is 14.5 Å². The minimum atomic E-state index is -0.496. The Labute approximate surface area is 232 Å². The summed E-state index contributed by atoms with van der Waals surface area (Å²) in [6, 6.07) is 2.99. The van der Waals surface area contributed by atoms with Gasteiger partial charge in [-0.2, -0.15) is 9.49 Å². The summed E-state index contributed by atoms with van der Waals surface area (Å²) >= 11 is 5.78. The third-order valence-electron chi connectivity index (χ3n) is 6.29. The monoisotopic (exact) mass is 553 g/mol. The lowest BCUT2D eigenvalue weighted by atomic mass is 9.81. The fourth-order valence-corrected chi connectivity index (χ4v) is 4.82. The van der Waals surface area contributed by atoms with Crippen LogP contribution in [0.2, 0.25) is 5.02 Å². The number of aryl methyl sites for hydroxylation is 1. The van der Waals surface area contributed by atoms with E-state index in [4.69, 9.17) is 11.6 Å². The lowest BCUT2D eigenvalue weighted by Gasteiger charge is -2.24. The number of nitrogens with zero attached hydrogens (tertiary/aromatic N) is 7. The van der Waals surface area contributed by atoms with E-state index in [2.05, 4.69) is 56.2 Å². The topological polar surface area (TPSA) is 114 Å². The number of allylic oxidation sites excluding steroid dienone is 1. The number of rotatable bonds is 6. The van der Waals surface area contributed by atoms with Gasteiger partial charge in [0.1, 0.15) is 5.82 Å². The first-order valence-corrected chi connectivity index (χ1v) is 12.7. The fourth-order valence-electron chi connectivity index (χ4n) is 4.56. The maximum atomic E-state index is 13.6. The number of halogens is 2. The highest BCUT2D eigenvalue weighted by molar-refractivity contribution is 6.33. The van der Waals surface area contributed by atoms with E-state index in [-0.39, 0.29) is 5.41 Å². The van der Waals surface area contributed by atoms with Crippen LogP contribution in [0.5, 0.6) is 0 Å². The van der Waals surface area contributed by atoms with Gasteiger partial charge in [0.05, 0.1) is 28.8 Å². The molecule has 0 fully saturated rings. The van der Waals surface area contributed by atoms with E-state index in [1.807, 2.05) is 32.6 Å². The number of nitrogens with one attached hydrogen (secondary N) is 2. The molecular formula is C27H33ClFN9O. The molecule has 0 bridgehead atoms. The van der Waals surface area contributed by atoms with Crippen molar-refractivity contribution in [3.8, 4) is 0 Å². The standard InChI is InChI=1S/C15H16FN5.C7H8ClN3O.C5H9N/c1-9-5-15(2,10-6-18-20(3)8-10)14-11(9)7-17-13-4-12(16)19-21(13)14;1-9-7-6(8)2-5(3-10-7)11-4-12;1-3-5-6-4-2/h4,6-9H,5H2,1-3H3;2-4H,1H3,(H,9,10)(H,11,12);3,5H,1,4H2,2H3/t9?,15-;;/m1../s1. The number of aromatic nitrogens is 6. The van der Waals surface area contributed by atoms with E-state index in [9.17, 15) is 9.18 Å². The normalized spacial score (nSPS) is 17.6. The van der Waals surface area contributed by atoms with Crippen molar-refractivity contribution in [3.63, 3.8) is 0 Å². The predicted octanol–water partition coefficient (Wildman–Crippen LogP) is 5.02. The van der Waals surface area contributed by atoms with Crippen molar-refractivity contribution in [2.75, 3.05) is 24.2 Å². The van der Waals surface area contributed by atoms with E-state index < -0.39 is 5.95 Å². The number of amides is 1. The number of hydrogen-bond acceptors (Lipinski definition) is 7. The second-order valence-corrected chi connectivity index (χ2v) is 9.50. The molecule has 0 saturated heterocycles. The number of fused-ring (bicyclic) bond motifs is 3. The van der Waals surface area contributed by atoms with Crippen LogP contribution in [0.15, 0.2) is 54.6 Å². The molecule has 0 saturated carbocycles. The quantitative estimate of drug-likeness (QED) is 0.256. The molecule has 1 amide bonds. The van der Waals surface area contributed by atoms with Crippen molar-refractivity contribution in [2.24, 2.45) is 12.0 Å². The molecular weight excluding hydrogens is 521 g/mol. The van der Waals surface area contributed by atoms with Crippen LogP contribution in [0.4, 0.5) is 15.9 Å². The Morgan fingerprint density at radius 1 is 1.31 bits per heavy atom. The number of carbonyl (C=O) groups excluding carboxylic acids is 1. The van der Waals surface area contributed by atoms with Crippen molar-refractivity contribution in [1.29, 1.82) is 0 Å². The van der Waals surface area contributed by atoms with Crippen molar-refractivity contribution in [2.45, 2.75) is 38.5 Å². The van der Waals surface area contributed by atoms with Gasteiger partial charge in [-0.1, -0.05) is 31.2 Å². The molecule has 12 heteroatoms. The van der Waals surface area contributed by atoms with Gasteiger partial charge in [0, 0.05) is 56.3 Å². The minimum absolute atomic E-state index is 0.233. The first kappa shape index (κ1) is 29.4. The highest BCUT2D eigenvalue weighted by Crippen LogP contribution is 2.49. The molecule has 39 heavy (non-hydrogen) atoms. The Balaban J connectivity index is 0.000000198. The third kappa shape index (κ3) is 6.66. The van der Waals surface area contributed by atoms with Gasteiger partial charge in [0.15, 0.2) is 5.65 Å². The molecule has 0 radical (unpaired) electrons. The van der Waals surface area contributed by atoms with E-state index in [0.717, 1.165) is 29.8 Å². The van der Waals surface area contributed by atoms with Crippen LogP contribution in [-0.2, 0) is 17.3 Å². The number of anilines is 2. The van der Waals surface area contributed by atoms with Crippen LogP contribution in [0.25, 0.3) is 5.65 Å². The van der Waals surface area contributed by atoms with Crippen LogP contribution in [0.1, 0.15) is 49.9 Å². The molecule has 4 aromatic rings. The van der Waals surface area contributed by atoms with E-state index in [0.29, 0.717) is 34.5 Å². The summed E-state index contributed by atoms with van der Waals surface area (Å²) < 4.78 is 17.0. The van der Waals surface area contributed by atoms with Crippen molar-refractivity contribution < 1.29 is 9.18 Å². The molecule has 0 aliphatic heterocycles. The molecule has 1 unspecified atom stereocenters. The largest absolute Gasteiger partial charge is 0.372 e. The van der Waals surface area contributed by atoms with Crippen LogP contribution in [0, 0.1) is 5.95 Å². The average Bonchev–Trinajstić information content (AvgIpc) is 3.59. The first-order chi connectivity index (χ1) is 18.7. The third-order valence-corrected chi connectivity index (χ3v) is 6.58. The van der Waals surface area contributed by atoms with Gasteiger partial charge in [-0.05, 0) is 37.8 Å². The second kappa shape index (κ2) is 13.1. The Morgan fingerprint density at radius 3 is 2.64 bits per heavy atom. The van der Waals surface area contributed by atoms with E-state index in [1.54, 1.807) is 34.6 Å². The van der Waals surface area contributed by atoms with Gasteiger partial charge in [0.25, 0.3) is 0 Å². The fraction of sp³-hybridized carbons (Fsp3) is 0.333. The maximum absolute atomic E-state index is 13.6. The Bertz CT molecular complexity index is 1460. The molecule has 0 aromatic carbocycles. The zero-order valence-electron chi connectivity index (χ0n) is 22.7. The van der Waals surface area contributed by atoms with Gasteiger partial charge < -0.3 is 10.6 Å². The van der Waals surface area contributed by atoms with Crippen LogP contribution < -0.4 is 10.6 Å². The summed E-state index contributed by atoms with van der Waals surface area (Å²) in [5.41, 5.74) is 4.18. The SMILES string of the molecule is C=CC=NCC.CC1C[C@](C)(c2cnn(C)c2)c2c1cnc1cc(F)nn21.CNc1ncc(NC=O)cc1Cl. The Morgan fingerprint density at radius 2 is 2.08 bits per heavy atom. The molecule has 5 rings (SSSR count). The average molecular weight is 554 g/mol. The zero-order valence-corrected chi connectivity index (χ0v) is 23.4. The molecule has 2 N–H and O–H groups in total. The second-order valence-electron chi connectivity index (χ2n) is 9.09. The first-order valence-electron chi connectivity index (χ1n) is 12.4. The van der Waals surface area contributed by atoms with E-state index in [1.165, 1.54) is 12.3 Å². The molecule has 206 valence electrons. The highest BCUT2D eigenvalue weighted by Gasteiger charge is 2.43. The molecule has 4 aromatic heterocycles. The summed E-state index contributed by atoms with van der Waals surface area (Å²) in [7, 11) is 3.63. The lowest BCUT2D eigenvalue weighted by Crippen LogP contribution is -2.23. The van der Waals surface area contributed by atoms with Crippen LogP contribution >= 0.6 is 11.6 Å². The molecule has 1 aliphatic rings. The zero-order chi connectivity index (χ0) is 28.6. The summed E-state index contributed by atoms with van der Waals surface area (Å²) in [6.07, 6.45) is 12.2. The van der Waals surface area contributed by atoms with Gasteiger partial charge in [-0.25, -0.2) is 14.5 Å². The highest BCUT2D eigenvalue weighted by atomic mass is 35.5. The number of hydrogen-bond donors (Lipinski definition) is 2. The summed E-state index contributed by atoms with van der Waals surface area (Å²) in [4.78, 5) is 22.2. The Hall–Kier alpha value is -4.12. The number of carbonyl (C=O) groups is 1.